The molecule has 0 amide bonds. The first kappa shape index (κ1) is 9.94. The molecule has 1 N–H and O–H groups in total. The lowest BCUT2D eigenvalue weighted by atomic mass is 9.93. The van der Waals surface area contributed by atoms with Gasteiger partial charge in [-0.05, 0) is 38.8 Å². The van der Waals surface area contributed by atoms with Crippen LogP contribution in [0.5, 0.6) is 0 Å². The van der Waals surface area contributed by atoms with Gasteiger partial charge in [0.2, 0.25) is 0 Å². The van der Waals surface area contributed by atoms with Crippen molar-refractivity contribution in [3.63, 3.8) is 0 Å². The van der Waals surface area contributed by atoms with Gasteiger partial charge in [0, 0.05) is 6.04 Å². The molecule has 2 nitrogen and oxygen atoms in total. The largest absolute Gasteiger partial charge is 0.360 e. The first-order valence-electron chi connectivity index (χ1n) is 5.41. The third-order valence-corrected chi connectivity index (χ3v) is 3.30. The van der Waals surface area contributed by atoms with E-state index in [1.54, 1.807) is 0 Å². The second kappa shape index (κ2) is 3.52. The second-order valence-corrected chi connectivity index (χ2v) is 4.41. The van der Waals surface area contributed by atoms with Gasteiger partial charge in [0.05, 0.1) is 0 Å². The van der Waals surface area contributed by atoms with Crippen LogP contribution in [0, 0.1) is 0 Å². The minimum absolute atomic E-state index is 0.00704. The van der Waals surface area contributed by atoms with Crippen LogP contribution in [0.3, 0.4) is 0 Å². The molecular formula is C12H19NO. The molecule has 1 unspecified atom stereocenters. The zero-order valence-corrected chi connectivity index (χ0v) is 9.05. The van der Waals surface area contributed by atoms with Crippen LogP contribution in [0.15, 0.2) is 24.3 Å². The summed E-state index contributed by atoms with van der Waals surface area (Å²) in [5.74, 6) is 0. The molecule has 0 aromatic heterocycles. The van der Waals surface area contributed by atoms with E-state index < -0.39 is 0 Å². The molecular weight excluding hydrogens is 174 g/mol. The van der Waals surface area contributed by atoms with Crippen molar-refractivity contribution in [2.75, 3.05) is 6.54 Å². The summed E-state index contributed by atoms with van der Waals surface area (Å²) in [6.07, 6.45) is 6.80. The van der Waals surface area contributed by atoms with Gasteiger partial charge in [0.1, 0.15) is 11.7 Å². The second-order valence-electron chi connectivity index (χ2n) is 4.41. The molecule has 14 heavy (non-hydrogen) atoms. The molecule has 2 saturated heterocycles. The summed E-state index contributed by atoms with van der Waals surface area (Å²) in [5, 5.41) is 3.50. The Kier molecular flexibility index (Phi) is 2.50. The van der Waals surface area contributed by atoms with Crippen LogP contribution in [0.25, 0.3) is 0 Å². The van der Waals surface area contributed by atoms with E-state index in [4.69, 9.17) is 4.74 Å². The maximum atomic E-state index is 5.79. The van der Waals surface area contributed by atoms with E-state index in [9.17, 15) is 0 Å². The van der Waals surface area contributed by atoms with Gasteiger partial charge in [-0.15, -0.1) is 0 Å². The number of rotatable bonds is 3. The number of hydrogen-bond acceptors (Lipinski definition) is 2. The minimum Gasteiger partial charge on any atom is -0.360 e. The zero-order chi connectivity index (χ0) is 10.2. The molecule has 0 radical (unpaired) electrons. The fraction of sp³-hybridized carbons (Fsp3) is 0.667. The van der Waals surface area contributed by atoms with Crippen LogP contribution < -0.4 is 5.32 Å². The summed E-state index contributed by atoms with van der Waals surface area (Å²) in [6.45, 7) is 9.37. The Balaban J connectivity index is 1.97. The first-order chi connectivity index (χ1) is 6.68. The highest BCUT2D eigenvalue weighted by Gasteiger charge is 2.58. The summed E-state index contributed by atoms with van der Waals surface area (Å²) >= 11 is 0. The predicted octanol–water partition coefficient (Wildman–Crippen LogP) is 2.03. The van der Waals surface area contributed by atoms with Gasteiger partial charge in [0.25, 0.3) is 0 Å². The zero-order valence-electron chi connectivity index (χ0n) is 9.05. The Labute approximate surface area is 86.0 Å². The molecule has 2 fully saturated rings. The fourth-order valence-corrected chi connectivity index (χ4v) is 2.40. The molecule has 0 bridgehead atoms. The van der Waals surface area contributed by atoms with Crippen molar-refractivity contribution >= 4 is 0 Å². The quantitative estimate of drug-likeness (QED) is 0.548. The summed E-state index contributed by atoms with van der Waals surface area (Å²) in [6, 6.07) is 0.523. The number of nitrogens with one attached hydrogen (secondary N) is 1. The maximum Gasteiger partial charge on any atom is 0.113 e. The van der Waals surface area contributed by atoms with Crippen molar-refractivity contribution in [1.29, 1.82) is 0 Å². The Morgan fingerprint density at radius 2 is 2.43 bits per heavy atom. The molecule has 3 atom stereocenters. The molecule has 2 heterocycles. The Morgan fingerprint density at radius 3 is 3.00 bits per heavy atom. The Bertz CT molecular complexity index is 265. The van der Waals surface area contributed by atoms with Gasteiger partial charge < -0.3 is 10.1 Å². The molecule has 0 aliphatic carbocycles. The SMILES string of the molecule is C=C(/C=C\C)C1O[C@]1(C)[C@@H]1CCCN1. The lowest BCUT2D eigenvalue weighted by molar-refractivity contribution is 0.264. The van der Waals surface area contributed by atoms with Gasteiger partial charge >= 0.3 is 0 Å². The lowest BCUT2D eigenvalue weighted by Gasteiger charge is -2.15. The fourth-order valence-electron chi connectivity index (χ4n) is 2.40. The van der Waals surface area contributed by atoms with Crippen molar-refractivity contribution in [2.45, 2.75) is 44.4 Å². The van der Waals surface area contributed by atoms with E-state index in [-0.39, 0.29) is 11.7 Å². The highest BCUT2D eigenvalue weighted by atomic mass is 16.6. The van der Waals surface area contributed by atoms with Gasteiger partial charge in [-0.1, -0.05) is 18.7 Å². The van der Waals surface area contributed by atoms with E-state index in [1.165, 1.54) is 12.8 Å². The van der Waals surface area contributed by atoms with Crippen LogP contribution in [-0.4, -0.2) is 24.3 Å². The molecule has 0 saturated carbocycles. The topological polar surface area (TPSA) is 24.6 Å². The molecule has 2 rings (SSSR count). The highest BCUT2D eigenvalue weighted by molar-refractivity contribution is 5.31. The standard InChI is InChI=1S/C12H19NO/c1-4-6-9(2)11-12(3,14-11)10-7-5-8-13-10/h4,6,10-11,13H,2,5,7-8H2,1,3H3/b6-4-/t10-,11?,12+/m0/s1. The van der Waals surface area contributed by atoms with E-state index in [0.717, 1.165) is 12.1 Å². The number of ether oxygens (including phenoxy) is 1. The van der Waals surface area contributed by atoms with Gasteiger partial charge in [-0.3, -0.25) is 0 Å². The van der Waals surface area contributed by atoms with E-state index in [0.29, 0.717) is 6.04 Å². The molecule has 2 aliphatic rings. The van der Waals surface area contributed by atoms with Gasteiger partial charge in [-0.2, -0.15) is 0 Å². The van der Waals surface area contributed by atoms with Crippen molar-refractivity contribution in [2.24, 2.45) is 0 Å². The van der Waals surface area contributed by atoms with Crippen LogP contribution in [0.1, 0.15) is 26.7 Å². The van der Waals surface area contributed by atoms with Crippen LogP contribution in [-0.2, 0) is 4.74 Å². The average molecular weight is 193 g/mol. The first-order valence-corrected chi connectivity index (χ1v) is 5.41. The van der Waals surface area contributed by atoms with Crippen molar-refractivity contribution in [1.82, 2.24) is 5.32 Å². The molecule has 0 aromatic rings. The Hall–Kier alpha value is -0.600. The lowest BCUT2D eigenvalue weighted by Crippen LogP contribution is -2.37. The van der Waals surface area contributed by atoms with E-state index in [2.05, 4.69) is 18.8 Å². The average Bonchev–Trinajstić information content (AvgIpc) is 2.67. The van der Waals surface area contributed by atoms with Gasteiger partial charge in [0.15, 0.2) is 0 Å². The summed E-state index contributed by atoms with van der Waals surface area (Å²) in [4.78, 5) is 0. The monoisotopic (exact) mass is 193 g/mol. The van der Waals surface area contributed by atoms with E-state index in [1.807, 2.05) is 19.1 Å². The summed E-state index contributed by atoms with van der Waals surface area (Å²) < 4.78 is 5.79. The molecule has 2 heteroatoms. The Morgan fingerprint density at radius 1 is 1.64 bits per heavy atom. The molecule has 0 spiro atoms. The number of epoxide rings is 1. The van der Waals surface area contributed by atoms with Crippen LogP contribution in [0.4, 0.5) is 0 Å². The predicted molar refractivity (Wildman–Crippen MR) is 58.3 cm³/mol. The third kappa shape index (κ3) is 1.53. The number of allylic oxidation sites excluding steroid dienone is 1. The van der Waals surface area contributed by atoms with Crippen LogP contribution in [0.2, 0.25) is 0 Å². The summed E-state index contributed by atoms with van der Waals surface area (Å²) in [7, 11) is 0. The van der Waals surface area contributed by atoms with Crippen LogP contribution >= 0.6 is 0 Å². The maximum absolute atomic E-state index is 5.79. The molecule has 0 aromatic carbocycles. The number of hydrogen-bond donors (Lipinski definition) is 1. The molecule has 78 valence electrons. The third-order valence-electron chi connectivity index (χ3n) is 3.30. The smallest absolute Gasteiger partial charge is 0.113 e. The highest BCUT2D eigenvalue weighted by Crippen LogP contribution is 2.45. The van der Waals surface area contributed by atoms with E-state index >= 15 is 0 Å². The van der Waals surface area contributed by atoms with Gasteiger partial charge in [-0.25, -0.2) is 0 Å². The van der Waals surface area contributed by atoms with Crippen molar-refractivity contribution in [3.8, 4) is 0 Å². The van der Waals surface area contributed by atoms with Crippen molar-refractivity contribution in [3.05, 3.63) is 24.3 Å². The van der Waals surface area contributed by atoms with Crippen molar-refractivity contribution < 1.29 is 4.74 Å². The minimum atomic E-state index is 0.00704. The molecule has 2 aliphatic heterocycles. The summed E-state index contributed by atoms with van der Waals surface area (Å²) in [5.41, 5.74) is 1.11. The normalized spacial score (nSPS) is 41.9.